The quantitative estimate of drug-likeness (QED) is 0.705. The van der Waals surface area contributed by atoms with Gasteiger partial charge in [-0.05, 0) is 78.4 Å². The predicted molar refractivity (Wildman–Crippen MR) is 113 cm³/mol. The summed E-state index contributed by atoms with van der Waals surface area (Å²) in [6.07, 6.45) is 5.34. The molecule has 0 aromatic heterocycles. The Morgan fingerprint density at radius 3 is 2.28 bits per heavy atom. The summed E-state index contributed by atoms with van der Waals surface area (Å²) in [5.74, 6) is 0. The van der Waals surface area contributed by atoms with Crippen LogP contribution in [0, 0.1) is 6.92 Å². The molecular weight excluding hydrogens is 302 g/mol. The van der Waals surface area contributed by atoms with E-state index < -0.39 is 0 Å². The minimum Gasteiger partial charge on any atom is -0.285 e. The van der Waals surface area contributed by atoms with E-state index in [-0.39, 0.29) is 0 Å². The first-order valence-electron chi connectivity index (χ1n) is 9.02. The second-order valence-electron chi connectivity index (χ2n) is 6.39. The molecule has 0 spiro atoms. The molecule has 2 aromatic carbocycles. The van der Waals surface area contributed by atoms with Crippen molar-refractivity contribution >= 4 is 23.4 Å². The van der Waals surface area contributed by atoms with Gasteiger partial charge >= 0.3 is 0 Å². The van der Waals surface area contributed by atoms with Crippen LogP contribution in [0.3, 0.4) is 0 Å². The SMILES string of the molecule is C=C(CN=C(C)c1cc(=C/C)/c(=C\C)cc1CC)c1ccccc1C. The topological polar surface area (TPSA) is 12.4 Å². The number of benzene rings is 2. The fraction of sp³-hybridized carbons (Fsp3) is 0.292. The number of hydrogen-bond donors (Lipinski definition) is 0. The smallest absolute Gasteiger partial charge is 0.0643 e. The maximum absolute atomic E-state index is 4.84. The van der Waals surface area contributed by atoms with Gasteiger partial charge in [0.15, 0.2) is 0 Å². The van der Waals surface area contributed by atoms with Gasteiger partial charge in [0.1, 0.15) is 0 Å². The molecule has 0 heterocycles. The van der Waals surface area contributed by atoms with Crippen LogP contribution in [0.25, 0.3) is 17.7 Å². The van der Waals surface area contributed by atoms with Gasteiger partial charge in [-0.1, -0.05) is 56.0 Å². The zero-order valence-corrected chi connectivity index (χ0v) is 16.2. The molecule has 0 unspecified atom stereocenters. The lowest BCUT2D eigenvalue weighted by molar-refractivity contribution is 1.12. The van der Waals surface area contributed by atoms with Gasteiger partial charge in [-0.3, -0.25) is 4.99 Å². The zero-order valence-electron chi connectivity index (χ0n) is 16.2. The van der Waals surface area contributed by atoms with E-state index in [4.69, 9.17) is 4.99 Å². The van der Waals surface area contributed by atoms with E-state index >= 15 is 0 Å². The van der Waals surface area contributed by atoms with E-state index in [0.717, 1.165) is 17.7 Å². The lowest BCUT2D eigenvalue weighted by atomic mass is 9.98. The van der Waals surface area contributed by atoms with Gasteiger partial charge < -0.3 is 0 Å². The van der Waals surface area contributed by atoms with Crippen LogP contribution in [0.2, 0.25) is 0 Å². The molecule has 0 saturated heterocycles. The molecule has 0 radical (unpaired) electrons. The van der Waals surface area contributed by atoms with Gasteiger partial charge in [0.25, 0.3) is 0 Å². The first-order chi connectivity index (χ1) is 12.0. The Bertz CT molecular complexity index is 914. The molecular formula is C24H29N. The Hall–Kier alpha value is -2.41. The summed E-state index contributed by atoms with van der Waals surface area (Å²) in [6.45, 7) is 15.5. The Kier molecular flexibility index (Phi) is 6.52. The molecule has 25 heavy (non-hydrogen) atoms. The number of rotatable bonds is 5. The molecule has 0 amide bonds. The molecule has 0 aliphatic heterocycles. The largest absolute Gasteiger partial charge is 0.285 e. The van der Waals surface area contributed by atoms with Crippen LogP contribution in [-0.4, -0.2) is 12.3 Å². The third-order valence-corrected chi connectivity index (χ3v) is 4.73. The molecule has 1 heteroatoms. The summed E-state index contributed by atoms with van der Waals surface area (Å²) in [5.41, 5.74) is 7.20. The second kappa shape index (κ2) is 8.62. The molecule has 2 aromatic rings. The highest BCUT2D eigenvalue weighted by molar-refractivity contribution is 6.00. The van der Waals surface area contributed by atoms with Crippen LogP contribution in [0.15, 0.2) is 48.0 Å². The molecule has 1 nitrogen and oxygen atoms in total. The molecule has 0 saturated carbocycles. The Morgan fingerprint density at radius 1 is 1.04 bits per heavy atom. The minimum absolute atomic E-state index is 0.632. The number of nitrogens with zero attached hydrogens (tertiary/aromatic N) is 1. The van der Waals surface area contributed by atoms with Crippen molar-refractivity contribution in [1.82, 2.24) is 0 Å². The number of hydrogen-bond acceptors (Lipinski definition) is 1. The highest BCUT2D eigenvalue weighted by Gasteiger charge is 2.06. The summed E-state index contributed by atoms with van der Waals surface area (Å²) < 4.78 is 0. The standard InChI is InChI=1S/C24H29N/c1-7-20-14-22(9-3)24(15-21(20)8-2)19(6)25-16-18(5)23-13-11-10-12-17(23)4/h7-8,10-15H,5,9,16H2,1-4,6H3/b20-7-,21-8-,25-19?. The fourth-order valence-electron chi connectivity index (χ4n) is 3.16. The molecule has 0 aliphatic rings. The van der Waals surface area contributed by atoms with Crippen molar-refractivity contribution in [3.63, 3.8) is 0 Å². The van der Waals surface area contributed by atoms with Crippen molar-refractivity contribution in [2.75, 3.05) is 6.54 Å². The lowest BCUT2D eigenvalue weighted by Crippen LogP contribution is -2.26. The number of aryl methyl sites for hydroxylation is 2. The summed E-state index contributed by atoms with van der Waals surface area (Å²) >= 11 is 0. The van der Waals surface area contributed by atoms with Crippen LogP contribution in [0.1, 0.15) is 49.9 Å². The van der Waals surface area contributed by atoms with Crippen LogP contribution >= 0.6 is 0 Å². The van der Waals surface area contributed by atoms with Gasteiger partial charge in [0.2, 0.25) is 0 Å². The summed E-state index contributed by atoms with van der Waals surface area (Å²) in [4.78, 5) is 4.84. The van der Waals surface area contributed by atoms with E-state index in [1.165, 1.54) is 32.7 Å². The van der Waals surface area contributed by atoms with Crippen molar-refractivity contribution in [3.05, 3.63) is 75.7 Å². The third kappa shape index (κ3) is 4.36. The molecule has 130 valence electrons. The Balaban J connectivity index is 2.37. The summed E-state index contributed by atoms with van der Waals surface area (Å²) in [7, 11) is 0. The second-order valence-corrected chi connectivity index (χ2v) is 6.39. The minimum atomic E-state index is 0.632. The predicted octanol–water partition coefficient (Wildman–Crippen LogP) is 4.68. The van der Waals surface area contributed by atoms with E-state index in [2.05, 4.69) is 89.7 Å². The average Bonchev–Trinajstić information content (AvgIpc) is 2.64. The monoisotopic (exact) mass is 331 g/mol. The van der Waals surface area contributed by atoms with Gasteiger partial charge in [-0.15, -0.1) is 0 Å². The third-order valence-electron chi connectivity index (χ3n) is 4.73. The maximum atomic E-state index is 4.84. The normalized spacial score (nSPS) is 13.4. The van der Waals surface area contributed by atoms with Crippen molar-refractivity contribution in [2.24, 2.45) is 4.99 Å². The van der Waals surface area contributed by atoms with Gasteiger partial charge in [-0.2, -0.15) is 0 Å². The van der Waals surface area contributed by atoms with Crippen LogP contribution < -0.4 is 10.4 Å². The van der Waals surface area contributed by atoms with Crippen molar-refractivity contribution in [1.29, 1.82) is 0 Å². The molecule has 0 bridgehead atoms. The van der Waals surface area contributed by atoms with Crippen molar-refractivity contribution in [3.8, 4) is 0 Å². The summed E-state index contributed by atoms with van der Waals surface area (Å²) in [6, 6.07) is 12.9. The fourth-order valence-corrected chi connectivity index (χ4v) is 3.16. The Morgan fingerprint density at radius 2 is 1.68 bits per heavy atom. The first-order valence-corrected chi connectivity index (χ1v) is 9.02. The van der Waals surface area contributed by atoms with E-state index in [0.29, 0.717) is 6.54 Å². The molecule has 0 atom stereocenters. The Labute approximate surface area is 152 Å². The van der Waals surface area contributed by atoms with Crippen LogP contribution in [-0.2, 0) is 6.42 Å². The highest BCUT2D eigenvalue weighted by Crippen LogP contribution is 2.17. The maximum Gasteiger partial charge on any atom is 0.0643 e. The molecule has 0 aliphatic carbocycles. The average molecular weight is 332 g/mol. The number of aliphatic imine (C=N–C) groups is 1. The van der Waals surface area contributed by atoms with Crippen molar-refractivity contribution in [2.45, 2.75) is 41.0 Å². The lowest BCUT2D eigenvalue weighted by Gasteiger charge is -2.11. The van der Waals surface area contributed by atoms with E-state index in [1.807, 2.05) is 0 Å². The highest BCUT2D eigenvalue weighted by atomic mass is 14.7. The van der Waals surface area contributed by atoms with Crippen LogP contribution in [0.4, 0.5) is 0 Å². The van der Waals surface area contributed by atoms with Crippen molar-refractivity contribution < 1.29 is 0 Å². The van der Waals surface area contributed by atoms with Gasteiger partial charge in [-0.25, -0.2) is 0 Å². The molecule has 0 fully saturated rings. The molecule has 0 N–H and O–H groups in total. The van der Waals surface area contributed by atoms with E-state index in [1.54, 1.807) is 0 Å². The van der Waals surface area contributed by atoms with Crippen LogP contribution in [0.5, 0.6) is 0 Å². The first kappa shape index (κ1) is 18.9. The molecule has 2 rings (SSSR count). The zero-order chi connectivity index (χ0) is 18.4. The summed E-state index contributed by atoms with van der Waals surface area (Å²) in [5, 5.41) is 2.56. The van der Waals surface area contributed by atoms with E-state index in [9.17, 15) is 0 Å². The van der Waals surface area contributed by atoms with Gasteiger partial charge in [0.05, 0.1) is 6.54 Å². The van der Waals surface area contributed by atoms with Gasteiger partial charge in [0, 0.05) is 5.71 Å².